The molecule has 0 aliphatic rings. The molecule has 2 aromatic rings. The summed E-state index contributed by atoms with van der Waals surface area (Å²) in [6, 6.07) is 4.90. The number of hydrogen-bond acceptors (Lipinski definition) is 5. The molecule has 23 heavy (non-hydrogen) atoms. The molecule has 0 saturated heterocycles. The second-order valence-electron chi connectivity index (χ2n) is 4.58. The van der Waals surface area contributed by atoms with Gasteiger partial charge in [0.1, 0.15) is 11.4 Å². The quantitative estimate of drug-likeness (QED) is 0.553. The van der Waals surface area contributed by atoms with E-state index in [4.69, 9.17) is 5.11 Å². The normalized spacial score (nSPS) is 10.1. The standard InChI is InChI=1S/C14H15N5O4/c20-11(21)5-3-7-16-14(23)12-10(8-17-19-12)18-13(22)9-4-1-2-6-15-9/h1-2,4,6,8H,3,5,7H2,(H,16,23)(H,17,19)(H,18,22)(H,20,21). The van der Waals surface area contributed by atoms with Crippen molar-refractivity contribution in [1.82, 2.24) is 20.5 Å². The summed E-state index contributed by atoms with van der Waals surface area (Å²) < 4.78 is 0. The predicted octanol–water partition coefficient (Wildman–Crippen LogP) is 0.652. The van der Waals surface area contributed by atoms with Crippen LogP contribution in [0.3, 0.4) is 0 Å². The van der Waals surface area contributed by atoms with E-state index in [0.29, 0.717) is 6.42 Å². The average Bonchev–Trinajstić information content (AvgIpc) is 3.00. The third-order valence-corrected chi connectivity index (χ3v) is 2.87. The third kappa shape index (κ3) is 4.63. The van der Waals surface area contributed by atoms with Gasteiger partial charge in [-0.15, -0.1) is 0 Å². The van der Waals surface area contributed by atoms with Crippen molar-refractivity contribution >= 4 is 23.5 Å². The number of pyridine rings is 1. The molecule has 0 saturated carbocycles. The van der Waals surface area contributed by atoms with Gasteiger partial charge in [-0.2, -0.15) is 5.10 Å². The highest BCUT2D eigenvalue weighted by molar-refractivity contribution is 6.07. The molecule has 2 aromatic heterocycles. The van der Waals surface area contributed by atoms with Gasteiger partial charge in [0.2, 0.25) is 0 Å². The lowest BCUT2D eigenvalue weighted by atomic mass is 10.3. The number of carboxylic acids is 1. The zero-order chi connectivity index (χ0) is 16.7. The molecule has 0 unspecified atom stereocenters. The number of carboxylic acid groups (broad SMARTS) is 1. The fourth-order valence-corrected chi connectivity index (χ4v) is 1.77. The summed E-state index contributed by atoms with van der Waals surface area (Å²) in [5, 5.41) is 19.9. The number of aromatic amines is 1. The van der Waals surface area contributed by atoms with Gasteiger partial charge in [-0.25, -0.2) is 0 Å². The van der Waals surface area contributed by atoms with Crippen LogP contribution >= 0.6 is 0 Å². The topological polar surface area (TPSA) is 137 Å². The Morgan fingerprint density at radius 2 is 2.04 bits per heavy atom. The monoisotopic (exact) mass is 317 g/mol. The van der Waals surface area contributed by atoms with Crippen molar-refractivity contribution < 1.29 is 19.5 Å². The lowest BCUT2D eigenvalue weighted by molar-refractivity contribution is -0.137. The van der Waals surface area contributed by atoms with Gasteiger partial charge in [-0.1, -0.05) is 6.07 Å². The fraction of sp³-hybridized carbons (Fsp3) is 0.214. The maximum atomic E-state index is 12.0. The van der Waals surface area contributed by atoms with Gasteiger partial charge in [-0.3, -0.25) is 24.5 Å². The van der Waals surface area contributed by atoms with Crippen molar-refractivity contribution in [2.24, 2.45) is 0 Å². The summed E-state index contributed by atoms with van der Waals surface area (Å²) in [4.78, 5) is 38.3. The molecule has 0 spiro atoms. The fourth-order valence-electron chi connectivity index (χ4n) is 1.77. The molecule has 2 heterocycles. The molecule has 2 amide bonds. The van der Waals surface area contributed by atoms with Crippen LogP contribution in [-0.4, -0.2) is 44.6 Å². The summed E-state index contributed by atoms with van der Waals surface area (Å²) in [6.45, 7) is 0.206. The van der Waals surface area contributed by atoms with Gasteiger partial charge >= 0.3 is 5.97 Å². The van der Waals surface area contributed by atoms with Crippen LogP contribution in [0.2, 0.25) is 0 Å². The van der Waals surface area contributed by atoms with E-state index in [9.17, 15) is 14.4 Å². The van der Waals surface area contributed by atoms with E-state index in [0.717, 1.165) is 0 Å². The largest absolute Gasteiger partial charge is 0.481 e. The van der Waals surface area contributed by atoms with Crippen LogP contribution < -0.4 is 10.6 Å². The number of carbonyl (C=O) groups is 3. The predicted molar refractivity (Wildman–Crippen MR) is 80.0 cm³/mol. The second-order valence-corrected chi connectivity index (χ2v) is 4.58. The first-order chi connectivity index (χ1) is 11.1. The van der Waals surface area contributed by atoms with E-state index in [1.54, 1.807) is 18.2 Å². The zero-order valence-electron chi connectivity index (χ0n) is 12.1. The van der Waals surface area contributed by atoms with Gasteiger partial charge in [0, 0.05) is 19.2 Å². The Morgan fingerprint density at radius 3 is 2.74 bits per heavy atom. The van der Waals surface area contributed by atoms with Crippen molar-refractivity contribution in [3.8, 4) is 0 Å². The summed E-state index contributed by atoms with van der Waals surface area (Å²) in [5.74, 6) is -1.87. The van der Waals surface area contributed by atoms with Crippen LogP contribution in [0, 0.1) is 0 Å². The second kappa shape index (κ2) is 7.69. The number of anilines is 1. The minimum absolute atomic E-state index is 0.0352. The number of aliphatic carboxylic acids is 1. The van der Waals surface area contributed by atoms with E-state index in [2.05, 4.69) is 25.8 Å². The molecule has 0 aliphatic carbocycles. The molecule has 0 radical (unpaired) electrons. The molecule has 4 N–H and O–H groups in total. The van der Waals surface area contributed by atoms with E-state index in [-0.39, 0.29) is 30.0 Å². The van der Waals surface area contributed by atoms with Crippen molar-refractivity contribution in [2.45, 2.75) is 12.8 Å². The number of amides is 2. The van der Waals surface area contributed by atoms with E-state index in [1.807, 2.05) is 0 Å². The van der Waals surface area contributed by atoms with Gasteiger partial charge in [0.25, 0.3) is 11.8 Å². The average molecular weight is 317 g/mol. The minimum Gasteiger partial charge on any atom is -0.481 e. The first kappa shape index (κ1) is 16.1. The van der Waals surface area contributed by atoms with Gasteiger partial charge < -0.3 is 15.7 Å². The molecule has 0 bridgehead atoms. The molecule has 2 rings (SSSR count). The van der Waals surface area contributed by atoms with Crippen molar-refractivity contribution in [3.63, 3.8) is 0 Å². The van der Waals surface area contributed by atoms with Crippen molar-refractivity contribution in [1.29, 1.82) is 0 Å². The van der Waals surface area contributed by atoms with E-state index >= 15 is 0 Å². The molecule has 9 heteroatoms. The van der Waals surface area contributed by atoms with Crippen LogP contribution in [0.15, 0.2) is 30.6 Å². The number of rotatable bonds is 7. The summed E-state index contributed by atoms with van der Waals surface area (Å²) in [5.41, 5.74) is 0.516. The summed E-state index contributed by atoms with van der Waals surface area (Å²) in [6.07, 6.45) is 3.07. The van der Waals surface area contributed by atoms with Crippen molar-refractivity contribution in [3.05, 3.63) is 42.0 Å². The Kier molecular flexibility index (Phi) is 5.40. The Morgan fingerprint density at radius 1 is 1.22 bits per heavy atom. The van der Waals surface area contributed by atoms with Gasteiger partial charge in [-0.05, 0) is 18.6 Å². The molecular weight excluding hydrogens is 302 g/mol. The number of nitrogens with zero attached hydrogens (tertiary/aromatic N) is 2. The maximum Gasteiger partial charge on any atom is 0.303 e. The smallest absolute Gasteiger partial charge is 0.303 e. The lowest BCUT2D eigenvalue weighted by Crippen LogP contribution is -2.26. The van der Waals surface area contributed by atoms with E-state index in [1.165, 1.54) is 12.4 Å². The molecule has 0 aliphatic heterocycles. The molecule has 9 nitrogen and oxygen atoms in total. The first-order valence-corrected chi connectivity index (χ1v) is 6.83. The maximum absolute atomic E-state index is 12.0. The lowest BCUT2D eigenvalue weighted by Gasteiger charge is -2.06. The highest BCUT2D eigenvalue weighted by Crippen LogP contribution is 2.12. The molecule has 0 fully saturated rings. The molecule has 0 atom stereocenters. The molecule has 120 valence electrons. The van der Waals surface area contributed by atoms with E-state index < -0.39 is 17.8 Å². The zero-order valence-corrected chi connectivity index (χ0v) is 12.1. The Balaban J connectivity index is 1.95. The Labute approximate surface area is 131 Å². The summed E-state index contributed by atoms with van der Waals surface area (Å²) in [7, 11) is 0. The van der Waals surface area contributed by atoms with Crippen LogP contribution in [0.4, 0.5) is 5.69 Å². The van der Waals surface area contributed by atoms with Crippen molar-refractivity contribution in [2.75, 3.05) is 11.9 Å². The first-order valence-electron chi connectivity index (χ1n) is 6.83. The number of carbonyl (C=O) groups excluding carboxylic acids is 2. The van der Waals surface area contributed by atoms with Crippen LogP contribution in [-0.2, 0) is 4.79 Å². The Hall–Kier alpha value is -3.23. The molecule has 0 aromatic carbocycles. The third-order valence-electron chi connectivity index (χ3n) is 2.87. The SMILES string of the molecule is O=C(O)CCCNC(=O)c1[nH]ncc1NC(=O)c1ccccn1. The molecular formula is C14H15N5O4. The number of nitrogens with one attached hydrogen (secondary N) is 3. The Bertz CT molecular complexity index is 698. The van der Waals surface area contributed by atoms with Gasteiger partial charge in [0.05, 0.1) is 11.9 Å². The van der Waals surface area contributed by atoms with Crippen LogP contribution in [0.1, 0.15) is 33.8 Å². The number of aromatic nitrogens is 3. The highest BCUT2D eigenvalue weighted by atomic mass is 16.4. The number of H-pyrrole nitrogens is 1. The van der Waals surface area contributed by atoms with Crippen LogP contribution in [0.5, 0.6) is 0 Å². The number of hydrogen-bond donors (Lipinski definition) is 4. The highest BCUT2D eigenvalue weighted by Gasteiger charge is 2.16. The minimum atomic E-state index is -0.927. The van der Waals surface area contributed by atoms with Gasteiger partial charge in [0.15, 0.2) is 0 Å². The summed E-state index contributed by atoms with van der Waals surface area (Å²) >= 11 is 0. The van der Waals surface area contributed by atoms with Crippen LogP contribution in [0.25, 0.3) is 0 Å².